The molecule has 0 radical (unpaired) electrons. The fraction of sp³-hybridized carbons (Fsp3) is 0.455. The Morgan fingerprint density at radius 1 is 1.32 bits per heavy atom. The highest BCUT2D eigenvalue weighted by Crippen LogP contribution is 2.39. The summed E-state index contributed by atoms with van der Waals surface area (Å²) in [6.07, 6.45) is 2.67. The first-order valence-corrected chi connectivity index (χ1v) is 10.6. The molecule has 1 aliphatic rings. The molecule has 0 bridgehead atoms. The number of benzene rings is 1. The number of hydrogen-bond acceptors (Lipinski definition) is 4. The quantitative estimate of drug-likeness (QED) is 0.755. The van der Waals surface area contributed by atoms with Crippen molar-refractivity contribution in [3.63, 3.8) is 0 Å². The minimum Gasteiger partial charge on any atom is -0.481 e. The molecule has 3 N–H and O–H groups in total. The Balaban J connectivity index is 1.80. The Morgan fingerprint density at radius 3 is 2.71 bits per heavy atom. The average Bonchev–Trinajstić information content (AvgIpc) is 2.99. The molecule has 1 aromatic carbocycles. The largest absolute Gasteiger partial charge is 0.481 e. The first kappa shape index (κ1) is 20.4. The number of ether oxygens (including phenoxy) is 1. The third kappa shape index (κ3) is 4.22. The number of rotatable bonds is 6. The Bertz CT molecular complexity index is 903. The highest BCUT2D eigenvalue weighted by Gasteiger charge is 2.29. The molecule has 0 spiro atoms. The molecule has 28 heavy (non-hydrogen) atoms. The van der Waals surface area contributed by atoms with Crippen LogP contribution in [0.4, 0.5) is 5.00 Å². The number of nitrogens with one attached hydrogen (secondary N) is 1. The molecular weight excluding hydrogens is 372 g/mol. The molecule has 0 unspecified atom stereocenters. The van der Waals surface area contributed by atoms with Crippen LogP contribution in [0.3, 0.4) is 0 Å². The summed E-state index contributed by atoms with van der Waals surface area (Å²) in [5.41, 5.74) is 9.41. The van der Waals surface area contributed by atoms with E-state index < -0.39 is 12.0 Å². The number of carbonyl (C=O) groups excluding carboxylic acids is 2. The predicted octanol–water partition coefficient (Wildman–Crippen LogP) is 4.38. The number of fused-ring (bicyclic) bond motifs is 1. The number of nitrogens with two attached hydrogens (primary N) is 1. The van der Waals surface area contributed by atoms with Crippen molar-refractivity contribution in [1.82, 2.24) is 0 Å². The van der Waals surface area contributed by atoms with E-state index >= 15 is 0 Å². The van der Waals surface area contributed by atoms with Crippen LogP contribution in [-0.4, -0.2) is 17.9 Å². The molecule has 6 heteroatoms. The van der Waals surface area contributed by atoms with Gasteiger partial charge >= 0.3 is 0 Å². The maximum Gasteiger partial charge on any atom is 0.266 e. The molecule has 3 rings (SSSR count). The van der Waals surface area contributed by atoms with Gasteiger partial charge in [-0.1, -0.05) is 19.9 Å². The van der Waals surface area contributed by atoms with Gasteiger partial charge in [-0.3, -0.25) is 9.59 Å². The average molecular weight is 401 g/mol. The van der Waals surface area contributed by atoms with Gasteiger partial charge in [-0.05, 0) is 74.3 Å². The lowest BCUT2D eigenvalue weighted by atomic mass is 9.88. The minimum atomic E-state index is -0.638. The number of amides is 2. The Labute approximate surface area is 170 Å². The molecule has 0 saturated carbocycles. The first-order valence-electron chi connectivity index (χ1n) is 9.79. The summed E-state index contributed by atoms with van der Waals surface area (Å²) in [5, 5.41) is 3.47. The van der Waals surface area contributed by atoms with E-state index in [1.54, 1.807) is 0 Å². The van der Waals surface area contributed by atoms with Crippen LogP contribution in [0.25, 0.3) is 0 Å². The van der Waals surface area contributed by atoms with E-state index in [1.165, 1.54) is 16.9 Å². The number of aryl methyl sites for hydroxylation is 2. The third-order valence-electron chi connectivity index (χ3n) is 5.41. The zero-order chi connectivity index (χ0) is 20.4. The van der Waals surface area contributed by atoms with Crippen LogP contribution >= 0.6 is 11.3 Å². The van der Waals surface area contributed by atoms with Crippen LogP contribution in [0, 0.1) is 19.8 Å². The topological polar surface area (TPSA) is 81.4 Å². The first-order chi connectivity index (χ1) is 13.3. The number of carbonyl (C=O) groups is 2. The fourth-order valence-corrected chi connectivity index (χ4v) is 4.98. The van der Waals surface area contributed by atoms with Gasteiger partial charge in [0, 0.05) is 4.88 Å². The molecule has 1 heterocycles. The second kappa shape index (κ2) is 8.35. The number of thiophene rings is 1. The molecule has 2 aromatic rings. The van der Waals surface area contributed by atoms with Crippen LogP contribution in [0.1, 0.15) is 58.6 Å². The van der Waals surface area contributed by atoms with E-state index in [9.17, 15) is 9.59 Å². The molecule has 5 nitrogen and oxygen atoms in total. The summed E-state index contributed by atoms with van der Waals surface area (Å²) in [6, 6.07) is 5.79. The maximum absolute atomic E-state index is 12.9. The minimum absolute atomic E-state index is 0.255. The highest BCUT2D eigenvalue weighted by atomic mass is 32.1. The van der Waals surface area contributed by atoms with Gasteiger partial charge in [0.1, 0.15) is 10.8 Å². The second-order valence-corrected chi connectivity index (χ2v) is 8.78. The summed E-state index contributed by atoms with van der Waals surface area (Å²) in [7, 11) is 0. The van der Waals surface area contributed by atoms with E-state index in [-0.39, 0.29) is 5.91 Å². The van der Waals surface area contributed by atoms with Gasteiger partial charge in [-0.2, -0.15) is 0 Å². The molecule has 1 aliphatic carbocycles. The van der Waals surface area contributed by atoms with Gasteiger partial charge in [0.2, 0.25) is 0 Å². The van der Waals surface area contributed by atoms with Crippen LogP contribution in [0.5, 0.6) is 5.75 Å². The summed E-state index contributed by atoms with van der Waals surface area (Å²) >= 11 is 1.47. The number of primary amides is 1. The highest BCUT2D eigenvalue weighted by molar-refractivity contribution is 7.17. The molecule has 0 saturated heterocycles. The summed E-state index contributed by atoms with van der Waals surface area (Å²) in [6.45, 7) is 8.16. The Hall–Kier alpha value is -2.34. The molecule has 0 fully saturated rings. The van der Waals surface area contributed by atoms with Crippen LogP contribution in [0.15, 0.2) is 18.2 Å². The Kier molecular flexibility index (Phi) is 6.08. The van der Waals surface area contributed by atoms with Crippen molar-refractivity contribution in [3.05, 3.63) is 45.3 Å². The van der Waals surface area contributed by atoms with Crippen LogP contribution in [0.2, 0.25) is 0 Å². The van der Waals surface area contributed by atoms with Crippen molar-refractivity contribution in [2.24, 2.45) is 11.7 Å². The van der Waals surface area contributed by atoms with Crippen molar-refractivity contribution < 1.29 is 14.3 Å². The van der Waals surface area contributed by atoms with E-state index in [0.29, 0.717) is 28.7 Å². The third-order valence-corrected chi connectivity index (χ3v) is 6.58. The van der Waals surface area contributed by atoms with E-state index in [1.807, 2.05) is 39.0 Å². The van der Waals surface area contributed by atoms with Crippen LogP contribution in [-0.2, 0) is 17.6 Å². The van der Waals surface area contributed by atoms with Gasteiger partial charge in [-0.15, -0.1) is 11.3 Å². The molecular formula is C22H28N2O3S. The maximum atomic E-state index is 12.9. The van der Waals surface area contributed by atoms with E-state index in [0.717, 1.165) is 35.3 Å². The lowest BCUT2D eigenvalue weighted by Gasteiger charge is -2.18. The lowest BCUT2D eigenvalue weighted by Crippen LogP contribution is -2.32. The van der Waals surface area contributed by atoms with Crippen molar-refractivity contribution in [2.75, 3.05) is 5.32 Å². The van der Waals surface area contributed by atoms with Gasteiger partial charge < -0.3 is 15.8 Å². The molecule has 2 amide bonds. The van der Waals surface area contributed by atoms with Crippen molar-refractivity contribution >= 4 is 28.2 Å². The molecule has 2 atom stereocenters. The van der Waals surface area contributed by atoms with Crippen LogP contribution < -0.4 is 15.8 Å². The van der Waals surface area contributed by atoms with E-state index in [2.05, 4.69) is 12.2 Å². The predicted molar refractivity (Wildman–Crippen MR) is 113 cm³/mol. The zero-order valence-electron chi connectivity index (χ0n) is 16.9. The summed E-state index contributed by atoms with van der Waals surface area (Å²) in [5.74, 6) is 0.506. The fourth-order valence-electron chi connectivity index (χ4n) is 3.57. The lowest BCUT2D eigenvalue weighted by molar-refractivity contribution is -0.122. The zero-order valence-corrected chi connectivity index (χ0v) is 17.7. The van der Waals surface area contributed by atoms with Gasteiger partial charge in [-0.25, -0.2) is 0 Å². The van der Waals surface area contributed by atoms with E-state index in [4.69, 9.17) is 10.5 Å². The Morgan fingerprint density at radius 2 is 2.07 bits per heavy atom. The van der Waals surface area contributed by atoms with Crippen molar-refractivity contribution in [3.8, 4) is 5.75 Å². The van der Waals surface area contributed by atoms with Crippen molar-refractivity contribution in [1.29, 1.82) is 0 Å². The van der Waals surface area contributed by atoms with Gasteiger partial charge in [0.05, 0.1) is 5.56 Å². The smallest absolute Gasteiger partial charge is 0.266 e. The van der Waals surface area contributed by atoms with Gasteiger partial charge in [0.25, 0.3) is 11.8 Å². The van der Waals surface area contributed by atoms with Gasteiger partial charge in [0.15, 0.2) is 6.10 Å². The van der Waals surface area contributed by atoms with Crippen molar-refractivity contribution in [2.45, 2.75) is 59.5 Å². The normalized spacial score (nSPS) is 16.9. The molecule has 0 aliphatic heterocycles. The SMILES string of the molecule is CC[C@H](Oc1ccc(C)c(C)c1)C(=O)Nc1sc2c(c1C(N)=O)CC[C@H](C)C2. The second-order valence-electron chi connectivity index (χ2n) is 7.67. The number of anilines is 1. The monoisotopic (exact) mass is 400 g/mol. The standard InChI is InChI=1S/C22H28N2O3S/c1-5-17(27-15-8-7-13(3)14(4)11-15)21(26)24-22-19(20(23)25)16-9-6-12(2)10-18(16)28-22/h7-8,11-12,17H,5-6,9-10H2,1-4H3,(H2,23,25)(H,24,26)/t12-,17-/m0/s1. The summed E-state index contributed by atoms with van der Waals surface area (Å²) < 4.78 is 5.93. The number of hydrogen-bond donors (Lipinski definition) is 2. The molecule has 150 valence electrons. The molecule has 1 aromatic heterocycles. The summed E-state index contributed by atoms with van der Waals surface area (Å²) in [4.78, 5) is 26.1.